The Balaban J connectivity index is 1.93. The first-order valence-electron chi connectivity index (χ1n) is 8.82. The van der Waals surface area contributed by atoms with E-state index in [-0.39, 0.29) is 23.2 Å². The van der Waals surface area contributed by atoms with Crippen LogP contribution in [0.3, 0.4) is 0 Å². The fourth-order valence-electron chi connectivity index (χ4n) is 3.42. The molecule has 28 heavy (non-hydrogen) atoms. The fraction of sp³-hybridized carbons (Fsp3) is 0.200. The van der Waals surface area contributed by atoms with E-state index in [4.69, 9.17) is 5.26 Å². The van der Waals surface area contributed by atoms with E-state index in [0.717, 1.165) is 10.9 Å². The van der Waals surface area contributed by atoms with E-state index >= 15 is 0 Å². The summed E-state index contributed by atoms with van der Waals surface area (Å²) in [6, 6.07) is 10.6. The lowest BCUT2D eigenvalue weighted by Gasteiger charge is -2.14. The maximum Gasteiger partial charge on any atom is 0.348 e. The second-order valence-electron chi connectivity index (χ2n) is 7.01. The number of aromatic amines is 1. The van der Waals surface area contributed by atoms with Gasteiger partial charge in [-0.05, 0) is 36.2 Å². The standard InChI is InChI=1S/C20H20N4O4/c1-11(2)14-9-15(17(25)10-18(14)28-27)19-21-22-20(26)24(19)13-4-5-16-12(8-13)6-7-23(16)3/h4-11,25,27H,1-3H3,(H,22,26). The van der Waals surface area contributed by atoms with Crippen molar-refractivity contribution in [1.82, 2.24) is 19.3 Å². The molecule has 2 aromatic heterocycles. The molecule has 0 bridgehead atoms. The number of nitrogens with zero attached hydrogens (tertiary/aromatic N) is 3. The second kappa shape index (κ2) is 6.58. The van der Waals surface area contributed by atoms with Gasteiger partial charge in [0.15, 0.2) is 11.6 Å². The minimum Gasteiger partial charge on any atom is -0.507 e. The quantitative estimate of drug-likeness (QED) is 0.372. The number of H-pyrrole nitrogens is 1. The SMILES string of the molecule is CC(C)c1cc(-c2n[nH]c(=O)n2-c2ccc3c(ccn3C)c2)c(O)cc1OO. The van der Waals surface area contributed by atoms with Crippen LogP contribution in [0.15, 0.2) is 47.4 Å². The van der Waals surface area contributed by atoms with Gasteiger partial charge in [-0.15, -0.1) is 0 Å². The number of nitrogens with one attached hydrogen (secondary N) is 1. The smallest absolute Gasteiger partial charge is 0.348 e. The maximum atomic E-state index is 12.5. The Bertz CT molecular complexity index is 1230. The largest absolute Gasteiger partial charge is 0.507 e. The van der Waals surface area contributed by atoms with Gasteiger partial charge in [-0.25, -0.2) is 19.7 Å². The van der Waals surface area contributed by atoms with Crippen LogP contribution in [0.25, 0.3) is 28.0 Å². The van der Waals surface area contributed by atoms with Gasteiger partial charge in [-0.1, -0.05) is 13.8 Å². The Labute approximate surface area is 160 Å². The Hall–Kier alpha value is -3.52. The summed E-state index contributed by atoms with van der Waals surface area (Å²) in [6.45, 7) is 3.86. The number of benzene rings is 2. The highest BCUT2D eigenvalue weighted by molar-refractivity contribution is 5.82. The molecule has 8 nitrogen and oxygen atoms in total. The molecule has 8 heteroatoms. The van der Waals surface area contributed by atoms with Crippen LogP contribution in [0.2, 0.25) is 0 Å². The predicted octanol–water partition coefficient (Wildman–Crippen LogP) is 3.40. The molecular weight excluding hydrogens is 360 g/mol. The van der Waals surface area contributed by atoms with E-state index in [1.54, 1.807) is 6.07 Å². The van der Waals surface area contributed by atoms with E-state index in [0.29, 0.717) is 16.8 Å². The van der Waals surface area contributed by atoms with Crippen LogP contribution in [0, 0.1) is 0 Å². The molecular formula is C20H20N4O4. The molecule has 0 aliphatic carbocycles. The lowest BCUT2D eigenvalue weighted by Crippen LogP contribution is -2.15. The van der Waals surface area contributed by atoms with Gasteiger partial charge < -0.3 is 14.6 Å². The van der Waals surface area contributed by atoms with Gasteiger partial charge in [0.05, 0.1) is 11.3 Å². The number of hydrogen-bond donors (Lipinski definition) is 3. The van der Waals surface area contributed by atoms with Gasteiger partial charge in [0.1, 0.15) is 5.75 Å². The van der Waals surface area contributed by atoms with Crippen LogP contribution in [0.1, 0.15) is 25.3 Å². The molecule has 0 amide bonds. The Morgan fingerprint density at radius 2 is 1.96 bits per heavy atom. The minimum absolute atomic E-state index is 0.0151. The summed E-state index contributed by atoms with van der Waals surface area (Å²) >= 11 is 0. The zero-order valence-corrected chi connectivity index (χ0v) is 15.7. The highest BCUT2D eigenvalue weighted by Crippen LogP contribution is 2.38. The molecule has 0 aliphatic heterocycles. The molecule has 0 fully saturated rings. The molecule has 2 aromatic carbocycles. The summed E-state index contributed by atoms with van der Waals surface area (Å²) in [7, 11) is 1.95. The summed E-state index contributed by atoms with van der Waals surface area (Å²) in [5.74, 6) is 0.284. The van der Waals surface area contributed by atoms with E-state index in [1.165, 1.54) is 10.6 Å². The van der Waals surface area contributed by atoms with Crippen molar-refractivity contribution in [3.63, 3.8) is 0 Å². The average molecular weight is 380 g/mol. The maximum absolute atomic E-state index is 12.5. The van der Waals surface area contributed by atoms with Crippen LogP contribution >= 0.6 is 0 Å². The van der Waals surface area contributed by atoms with Gasteiger partial charge in [0.2, 0.25) is 0 Å². The number of fused-ring (bicyclic) bond motifs is 1. The first-order valence-corrected chi connectivity index (χ1v) is 8.82. The molecule has 2 heterocycles. The van der Waals surface area contributed by atoms with Crippen molar-refractivity contribution in [3.05, 3.63) is 58.6 Å². The highest BCUT2D eigenvalue weighted by atomic mass is 17.1. The average Bonchev–Trinajstić information content (AvgIpc) is 3.23. The van der Waals surface area contributed by atoms with Crippen molar-refractivity contribution in [2.24, 2.45) is 7.05 Å². The number of aromatic nitrogens is 4. The van der Waals surface area contributed by atoms with Crippen molar-refractivity contribution in [2.75, 3.05) is 0 Å². The van der Waals surface area contributed by atoms with Crippen molar-refractivity contribution in [3.8, 4) is 28.6 Å². The van der Waals surface area contributed by atoms with Crippen molar-refractivity contribution < 1.29 is 15.3 Å². The number of aryl methyl sites for hydroxylation is 1. The van der Waals surface area contributed by atoms with Gasteiger partial charge in [0.25, 0.3) is 0 Å². The monoisotopic (exact) mass is 380 g/mol. The molecule has 3 N–H and O–H groups in total. The number of aromatic hydroxyl groups is 1. The number of phenols is 1. The molecule has 4 aromatic rings. The van der Waals surface area contributed by atoms with Crippen LogP contribution in [-0.4, -0.2) is 29.7 Å². The van der Waals surface area contributed by atoms with Gasteiger partial charge >= 0.3 is 5.69 Å². The van der Waals surface area contributed by atoms with E-state index in [1.807, 2.05) is 55.9 Å². The molecule has 4 rings (SSSR count). The number of hydrogen-bond acceptors (Lipinski definition) is 5. The minimum atomic E-state index is -0.418. The van der Waals surface area contributed by atoms with Crippen LogP contribution in [-0.2, 0) is 7.05 Å². The third-order valence-corrected chi connectivity index (χ3v) is 4.89. The van der Waals surface area contributed by atoms with Crippen molar-refractivity contribution in [2.45, 2.75) is 19.8 Å². The second-order valence-corrected chi connectivity index (χ2v) is 7.01. The van der Waals surface area contributed by atoms with Gasteiger partial charge in [0, 0.05) is 35.8 Å². The first-order chi connectivity index (χ1) is 13.4. The molecule has 0 atom stereocenters. The van der Waals surface area contributed by atoms with Gasteiger partial charge in [-0.2, -0.15) is 5.10 Å². The number of phenolic OH excluding ortho intramolecular Hbond substituents is 1. The lowest BCUT2D eigenvalue weighted by molar-refractivity contribution is -0.138. The molecule has 0 unspecified atom stereocenters. The summed E-state index contributed by atoms with van der Waals surface area (Å²) in [5, 5.41) is 27.1. The Morgan fingerprint density at radius 3 is 2.68 bits per heavy atom. The van der Waals surface area contributed by atoms with E-state index in [2.05, 4.69) is 15.1 Å². The molecule has 0 saturated heterocycles. The van der Waals surface area contributed by atoms with Crippen molar-refractivity contribution in [1.29, 1.82) is 0 Å². The summed E-state index contributed by atoms with van der Waals surface area (Å²) in [5.41, 5.74) is 2.28. The van der Waals surface area contributed by atoms with Gasteiger partial charge in [-0.3, -0.25) is 0 Å². The predicted molar refractivity (Wildman–Crippen MR) is 105 cm³/mol. The third kappa shape index (κ3) is 2.74. The lowest BCUT2D eigenvalue weighted by atomic mass is 9.98. The zero-order valence-electron chi connectivity index (χ0n) is 15.7. The third-order valence-electron chi connectivity index (χ3n) is 4.89. The Morgan fingerprint density at radius 1 is 1.18 bits per heavy atom. The zero-order chi connectivity index (χ0) is 20.0. The molecule has 0 radical (unpaired) electrons. The Kier molecular flexibility index (Phi) is 4.20. The molecule has 0 aliphatic rings. The van der Waals surface area contributed by atoms with Crippen LogP contribution in [0.5, 0.6) is 11.5 Å². The van der Waals surface area contributed by atoms with Crippen LogP contribution in [0.4, 0.5) is 0 Å². The summed E-state index contributed by atoms with van der Waals surface area (Å²) in [6.07, 6.45) is 1.95. The topological polar surface area (TPSA) is 105 Å². The summed E-state index contributed by atoms with van der Waals surface area (Å²) < 4.78 is 3.40. The van der Waals surface area contributed by atoms with E-state index in [9.17, 15) is 9.90 Å². The number of rotatable bonds is 4. The van der Waals surface area contributed by atoms with Crippen LogP contribution < -0.4 is 10.6 Å². The normalized spacial score (nSPS) is 11.5. The highest BCUT2D eigenvalue weighted by Gasteiger charge is 2.20. The van der Waals surface area contributed by atoms with Crippen molar-refractivity contribution >= 4 is 10.9 Å². The first kappa shape index (κ1) is 17.9. The molecule has 144 valence electrons. The van der Waals surface area contributed by atoms with E-state index < -0.39 is 5.69 Å². The fourth-order valence-corrected chi connectivity index (χ4v) is 3.42. The summed E-state index contributed by atoms with van der Waals surface area (Å²) in [4.78, 5) is 16.9. The molecule has 0 saturated carbocycles. The molecule has 0 spiro atoms.